The van der Waals surface area contributed by atoms with Crippen LogP contribution in [0.4, 0.5) is 0 Å². The Labute approximate surface area is 113 Å². The van der Waals surface area contributed by atoms with E-state index in [9.17, 15) is 0 Å². The lowest BCUT2D eigenvalue weighted by Crippen LogP contribution is -2.17. The van der Waals surface area contributed by atoms with E-state index in [0.29, 0.717) is 10.4 Å². The fourth-order valence-corrected chi connectivity index (χ4v) is 1.74. The molecule has 0 bridgehead atoms. The van der Waals surface area contributed by atoms with Crippen molar-refractivity contribution < 1.29 is 0 Å². The standard InChI is InChI=1S/C11H17ClN2S.ClH/c1-9(15-2)5-7-13-8-10-4-3-6-14-11(10)12;/h3-4,6,9,13H,5,7-8H2,1-2H3;1H. The minimum absolute atomic E-state index is 0. The lowest BCUT2D eigenvalue weighted by atomic mass is 10.2. The van der Waals surface area contributed by atoms with Gasteiger partial charge < -0.3 is 5.32 Å². The minimum atomic E-state index is 0. The Balaban J connectivity index is 0.00000225. The van der Waals surface area contributed by atoms with E-state index in [-0.39, 0.29) is 12.4 Å². The maximum absolute atomic E-state index is 5.94. The quantitative estimate of drug-likeness (QED) is 0.639. The van der Waals surface area contributed by atoms with Crippen molar-refractivity contribution in [3.05, 3.63) is 29.0 Å². The fourth-order valence-electron chi connectivity index (χ4n) is 1.20. The molecule has 1 aromatic heterocycles. The van der Waals surface area contributed by atoms with Gasteiger partial charge in [-0.15, -0.1) is 12.4 Å². The minimum Gasteiger partial charge on any atom is -0.313 e. The van der Waals surface area contributed by atoms with Crippen molar-refractivity contribution in [1.29, 1.82) is 0 Å². The van der Waals surface area contributed by atoms with Gasteiger partial charge in [0.05, 0.1) is 0 Å². The Hall–Kier alpha value is 0.0400. The van der Waals surface area contributed by atoms with Crippen LogP contribution in [0.25, 0.3) is 0 Å². The van der Waals surface area contributed by atoms with Crippen LogP contribution in [0.2, 0.25) is 5.15 Å². The molecule has 16 heavy (non-hydrogen) atoms. The van der Waals surface area contributed by atoms with Crippen LogP contribution in [0.5, 0.6) is 0 Å². The Morgan fingerprint density at radius 3 is 2.94 bits per heavy atom. The predicted molar refractivity (Wildman–Crippen MR) is 75.8 cm³/mol. The lowest BCUT2D eigenvalue weighted by molar-refractivity contribution is 0.647. The summed E-state index contributed by atoms with van der Waals surface area (Å²) >= 11 is 7.83. The molecule has 0 saturated carbocycles. The summed E-state index contributed by atoms with van der Waals surface area (Å²) in [5, 5.41) is 4.68. The van der Waals surface area contributed by atoms with Gasteiger partial charge in [-0.3, -0.25) is 0 Å². The highest BCUT2D eigenvalue weighted by Crippen LogP contribution is 2.11. The van der Waals surface area contributed by atoms with E-state index < -0.39 is 0 Å². The molecule has 1 atom stereocenters. The van der Waals surface area contributed by atoms with Crippen molar-refractivity contribution in [2.45, 2.75) is 25.1 Å². The molecular weight excluding hydrogens is 263 g/mol. The van der Waals surface area contributed by atoms with Gasteiger partial charge in [-0.2, -0.15) is 11.8 Å². The molecular formula is C11H18Cl2N2S. The van der Waals surface area contributed by atoms with Gasteiger partial charge in [-0.05, 0) is 25.3 Å². The molecule has 0 radical (unpaired) electrons. The van der Waals surface area contributed by atoms with Crippen LogP contribution in [0.15, 0.2) is 18.3 Å². The summed E-state index contributed by atoms with van der Waals surface area (Å²) in [5.74, 6) is 0. The molecule has 0 amide bonds. The first kappa shape index (κ1) is 16.0. The second kappa shape index (κ2) is 9.11. The molecule has 1 rings (SSSR count). The molecule has 0 aliphatic carbocycles. The maximum atomic E-state index is 5.94. The number of hydrogen-bond donors (Lipinski definition) is 1. The molecule has 0 aliphatic heterocycles. The predicted octanol–water partition coefficient (Wildman–Crippen LogP) is 3.39. The number of rotatable bonds is 6. The zero-order chi connectivity index (χ0) is 11.1. The average Bonchev–Trinajstić information content (AvgIpc) is 2.26. The monoisotopic (exact) mass is 280 g/mol. The molecule has 0 spiro atoms. The second-order valence-electron chi connectivity index (χ2n) is 3.47. The van der Waals surface area contributed by atoms with E-state index in [1.54, 1.807) is 6.20 Å². The van der Waals surface area contributed by atoms with Crippen molar-refractivity contribution in [3.63, 3.8) is 0 Å². The Morgan fingerprint density at radius 1 is 1.56 bits per heavy atom. The third kappa shape index (κ3) is 5.94. The smallest absolute Gasteiger partial charge is 0.133 e. The first-order chi connectivity index (χ1) is 7.24. The highest BCUT2D eigenvalue weighted by molar-refractivity contribution is 7.99. The van der Waals surface area contributed by atoms with Gasteiger partial charge in [0.15, 0.2) is 0 Å². The summed E-state index contributed by atoms with van der Waals surface area (Å²) in [4.78, 5) is 4.03. The van der Waals surface area contributed by atoms with Crippen LogP contribution in [0.3, 0.4) is 0 Å². The highest BCUT2D eigenvalue weighted by atomic mass is 35.5. The van der Waals surface area contributed by atoms with Crippen molar-refractivity contribution in [2.75, 3.05) is 12.8 Å². The van der Waals surface area contributed by atoms with E-state index in [4.69, 9.17) is 11.6 Å². The average molecular weight is 281 g/mol. The van der Waals surface area contributed by atoms with E-state index in [0.717, 1.165) is 18.7 Å². The van der Waals surface area contributed by atoms with E-state index in [2.05, 4.69) is 23.5 Å². The summed E-state index contributed by atoms with van der Waals surface area (Å²) in [6, 6.07) is 3.91. The van der Waals surface area contributed by atoms with Crippen molar-refractivity contribution >= 4 is 35.8 Å². The van der Waals surface area contributed by atoms with Gasteiger partial charge in [0.25, 0.3) is 0 Å². The van der Waals surface area contributed by atoms with Crippen molar-refractivity contribution in [1.82, 2.24) is 10.3 Å². The first-order valence-corrected chi connectivity index (χ1v) is 6.73. The normalized spacial score (nSPS) is 11.9. The molecule has 5 heteroatoms. The van der Waals surface area contributed by atoms with Gasteiger partial charge in [-0.1, -0.05) is 24.6 Å². The molecule has 0 aliphatic rings. The Kier molecular flexibility index (Phi) is 9.13. The molecule has 1 aromatic rings. The van der Waals surface area contributed by atoms with E-state index >= 15 is 0 Å². The number of pyridine rings is 1. The number of nitrogens with one attached hydrogen (secondary N) is 1. The Morgan fingerprint density at radius 2 is 2.31 bits per heavy atom. The molecule has 0 saturated heterocycles. The Bertz CT molecular complexity index is 297. The van der Waals surface area contributed by atoms with E-state index in [1.807, 2.05) is 23.9 Å². The van der Waals surface area contributed by atoms with Gasteiger partial charge in [0.2, 0.25) is 0 Å². The zero-order valence-electron chi connectivity index (χ0n) is 9.57. The maximum Gasteiger partial charge on any atom is 0.133 e. The number of halogens is 2. The SMILES string of the molecule is CSC(C)CCNCc1cccnc1Cl.Cl. The van der Waals surface area contributed by atoms with Gasteiger partial charge in [0.1, 0.15) is 5.15 Å². The number of nitrogens with zero attached hydrogens (tertiary/aromatic N) is 1. The van der Waals surface area contributed by atoms with Gasteiger partial charge >= 0.3 is 0 Å². The fraction of sp³-hybridized carbons (Fsp3) is 0.545. The lowest BCUT2D eigenvalue weighted by Gasteiger charge is -2.09. The molecule has 0 fully saturated rings. The van der Waals surface area contributed by atoms with Gasteiger partial charge in [-0.25, -0.2) is 4.98 Å². The number of aromatic nitrogens is 1. The molecule has 1 heterocycles. The summed E-state index contributed by atoms with van der Waals surface area (Å²) in [7, 11) is 0. The summed E-state index contributed by atoms with van der Waals surface area (Å²) in [5.41, 5.74) is 1.07. The topological polar surface area (TPSA) is 24.9 Å². The molecule has 92 valence electrons. The van der Waals surface area contributed by atoms with Crippen LogP contribution in [0, 0.1) is 0 Å². The van der Waals surface area contributed by atoms with Crippen LogP contribution in [-0.4, -0.2) is 23.0 Å². The molecule has 1 unspecified atom stereocenters. The molecule has 1 N–H and O–H groups in total. The third-order valence-corrected chi connectivity index (χ3v) is 3.66. The van der Waals surface area contributed by atoms with Crippen LogP contribution in [0.1, 0.15) is 18.9 Å². The largest absolute Gasteiger partial charge is 0.313 e. The van der Waals surface area contributed by atoms with Crippen molar-refractivity contribution in [3.8, 4) is 0 Å². The second-order valence-corrected chi connectivity index (χ2v) is 5.10. The third-order valence-electron chi connectivity index (χ3n) is 2.28. The van der Waals surface area contributed by atoms with Crippen LogP contribution < -0.4 is 5.32 Å². The summed E-state index contributed by atoms with van der Waals surface area (Å²) < 4.78 is 0. The zero-order valence-corrected chi connectivity index (χ0v) is 12.0. The van der Waals surface area contributed by atoms with Crippen LogP contribution in [-0.2, 0) is 6.54 Å². The van der Waals surface area contributed by atoms with E-state index in [1.165, 1.54) is 6.42 Å². The van der Waals surface area contributed by atoms with Crippen molar-refractivity contribution in [2.24, 2.45) is 0 Å². The molecule has 0 aromatic carbocycles. The molecule has 2 nitrogen and oxygen atoms in total. The highest BCUT2D eigenvalue weighted by Gasteiger charge is 2.01. The summed E-state index contributed by atoms with van der Waals surface area (Å²) in [6.07, 6.45) is 5.03. The first-order valence-electron chi connectivity index (χ1n) is 5.07. The van der Waals surface area contributed by atoms with Gasteiger partial charge in [0, 0.05) is 23.6 Å². The number of thioether (sulfide) groups is 1. The summed E-state index contributed by atoms with van der Waals surface area (Å²) in [6.45, 7) is 4.06. The number of hydrogen-bond acceptors (Lipinski definition) is 3. The van der Waals surface area contributed by atoms with Crippen LogP contribution >= 0.6 is 35.8 Å².